The van der Waals surface area contributed by atoms with E-state index in [1.54, 1.807) is 11.3 Å². The lowest BCUT2D eigenvalue weighted by Gasteiger charge is -2.15. The molecule has 0 aliphatic rings. The third kappa shape index (κ3) is 3.60. The maximum Gasteiger partial charge on any atom is 0.0957 e. The topological polar surface area (TPSA) is 33.1 Å². The highest BCUT2D eigenvalue weighted by molar-refractivity contribution is 7.09. The SMILES string of the molecule is Cc1ccc(C(O)Cc2nc(C(C)(C)C)cs2)c(Cl)c1. The minimum atomic E-state index is -0.609. The Bertz CT molecular complexity index is 601. The molecule has 0 saturated carbocycles. The predicted octanol–water partition coefficient (Wildman–Crippen LogP) is 4.68. The number of thiazole rings is 1. The highest BCUT2D eigenvalue weighted by atomic mass is 35.5. The summed E-state index contributed by atoms with van der Waals surface area (Å²) in [6.07, 6.45) is -0.106. The monoisotopic (exact) mass is 309 g/mol. The van der Waals surface area contributed by atoms with Gasteiger partial charge >= 0.3 is 0 Å². The Kier molecular flexibility index (Phi) is 4.52. The van der Waals surface area contributed by atoms with Crippen molar-refractivity contribution in [2.45, 2.75) is 45.6 Å². The zero-order valence-corrected chi connectivity index (χ0v) is 13.8. The molecule has 20 heavy (non-hydrogen) atoms. The minimum Gasteiger partial charge on any atom is -0.388 e. The summed E-state index contributed by atoms with van der Waals surface area (Å²) in [6.45, 7) is 8.40. The predicted molar refractivity (Wildman–Crippen MR) is 85.7 cm³/mol. The Morgan fingerprint density at radius 1 is 1.35 bits per heavy atom. The van der Waals surface area contributed by atoms with E-state index in [1.165, 1.54) is 0 Å². The van der Waals surface area contributed by atoms with E-state index in [1.807, 2.05) is 25.1 Å². The summed E-state index contributed by atoms with van der Waals surface area (Å²) < 4.78 is 0. The van der Waals surface area contributed by atoms with Crippen LogP contribution in [0.3, 0.4) is 0 Å². The van der Waals surface area contributed by atoms with E-state index in [-0.39, 0.29) is 5.41 Å². The molecule has 1 aromatic carbocycles. The number of rotatable bonds is 3. The van der Waals surface area contributed by atoms with Gasteiger partial charge in [-0.3, -0.25) is 0 Å². The van der Waals surface area contributed by atoms with Gasteiger partial charge in [0.15, 0.2) is 0 Å². The van der Waals surface area contributed by atoms with Crippen LogP contribution in [0.4, 0.5) is 0 Å². The molecule has 0 saturated heterocycles. The Morgan fingerprint density at radius 2 is 2.05 bits per heavy atom. The Hall–Kier alpha value is -0.900. The summed E-state index contributed by atoms with van der Waals surface area (Å²) in [7, 11) is 0. The molecule has 0 aliphatic heterocycles. The normalized spacial score (nSPS) is 13.5. The first-order chi connectivity index (χ1) is 9.27. The van der Waals surface area contributed by atoms with Crippen LogP contribution in [-0.2, 0) is 11.8 Å². The standard InChI is InChI=1S/C16H20ClNOS/c1-10-5-6-11(12(17)7-10)13(19)8-15-18-14(9-20-15)16(2,3)4/h5-7,9,13,19H,8H2,1-4H3. The van der Waals surface area contributed by atoms with Crippen molar-refractivity contribution >= 4 is 22.9 Å². The highest BCUT2D eigenvalue weighted by Crippen LogP contribution is 2.29. The van der Waals surface area contributed by atoms with E-state index in [0.29, 0.717) is 11.4 Å². The molecule has 2 rings (SSSR count). The summed E-state index contributed by atoms with van der Waals surface area (Å²) in [6, 6.07) is 5.73. The van der Waals surface area contributed by atoms with Crippen LogP contribution in [0.2, 0.25) is 5.02 Å². The van der Waals surface area contributed by atoms with Crippen LogP contribution in [0.5, 0.6) is 0 Å². The number of benzene rings is 1. The molecule has 0 bridgehead atoms. The third-order valence-corrected chi connectivity index (χ3v) is 4.40. The van der Waals surface area contributed by atoms with E-state index in [0.717, 1.165) is 21.8 Å². The molecular formula is C16H20ClNOS. The molecule has 1 unspecified atom stereocenters. The van der Waals surface area contributed by atoms with Crippen molar-refractivity contribution in [3.63, 3.8) is 0 Å². The Balaban J connectivity index is 2.15. The lowest BCUT2D eigenvalue weighted by Crippen LogP contribution is -2.12. The highest BCUT2D eigenvalue weighted by Gasteiger charge is 2.19. The van der Waals surface area contributed by atoms with Gasteiger partial charge in [-0.15, -0.1) is 11.3 Å². The van der Waals surface area contributed by atoms with Crippen molar-refractivity contribution in [3.05, 3.63) is 50.4 Å². The number of aryl methyl sites for hydroxylation is 1. The lowest BCUT2D eigenvalue weighted by molar-refractivity contribution is 0.178. The van der Waals surface area contributed by atoms with Crippen LogP contribution in [0.1, 0.15) is 48.7 Å². The average molecular weight is 310 g/mol. The first-order valence-electron chi connectivity index (χ1n) is 6.66. The smallest absolute Gasteiger partial charge is 0.0957 e. The molecule has 0 radical (unpaired) electrons. The molecule has 4 heteroatoms. The number of hydrogen-bond donors (Lipinski definition) is 1. The molecule has 1 atom stereocenters. The summed E-state index contributed by atoms with van der Waals surface area (Å²) in [5, 5.41) is 14.0. The minimum absolute atomic E-state index is 0.0429. The van der Waals surface area contributed by atoms with Crippen LogP contribution in [0, 0.1) is 6.92 Å². The van der Waals surface area contributed by atoms with E-state index in [2.05, 4.69) is 31.1 Å². The molecule has 1 heterocycles. The lowest BCUT2D eigenvalue weighted by atomic mass is 9.93. The van der Waals surface area contributed by atoms with E-state index in [4.69, 9.17) is 11.6 Å². The molecular weight excluding hydrogens is 290 g/mol. The largest absolute Gasteiger partial charge is 0.388 e. The van der Waals surface area contributed by atoms with Crippen LogP contribution in [-0.4, -0.2) is 10.1 Å². The van der Waals surface area contributed by atoms with Gasteiger partial charge in [-0.05, 0) is 24.1 Å². The van der Waals surface area contributed by atoms with Gasteiger partial charge < -0.3 is 5.11 Å². The van der Waals surface area contributed by atoms with Gasteiger partial charge in [0, 0.05) is 22.2 Å². The molecule has 0 amide bonds. The number of aliphatic hydroxyl groups is 1. The van der Waals surface area contributed by atoms with Gasteiger partial charge in [0.25, 0.3) is 0 Å². The van der Waals surface area contributed by atoms with Crippen molar-refractivity contribution in [1.82, 2.24) is 4.98 Å². The van der Waals surface area contributed by atoms with Crippen LogP contribution >= 0.6 is 22.9 Å². The van der Waals surface area contributed by atoms with Crippen LogP contribution in [0.25, 0.3) is 0 Å². The van der Waals surface area contributed by atoms with Gasteiger partial charge in [-0.25, -0.2) is 4.98 Å². The fourth-order valence-electron chi connectivity index (χ4n) is 1.93. The summed E-state index contributed by atoms with van der Waals surface area (Å²) in [5.41, 5.74) is 2.97. The van der Waals surface area contributed by atoms with Crippen LogP contribution in [0.15, 0.2) is 23.6 Å². The third-order valence-electron chi connectivity index (χ3n) is 3.20. The molecule has 0 aliphatic carbocycles. The fraction of sp³-hybridized carbons (Fsp3) is 0.438. The number of aromatic nitrogens is 1. The molecule has 1 aromatic heterocycles. The Morgan fingerprint density at radius 3 is 2.60 bits per heavy atom. The maximum absolute atomic E-state index is 10.3. The second-order valence-electron chi connectivity index (χ2n) is 6.12. The zero-order valence-electron chi connectivity index (χ0n) is 12.3. The van der Waals surface area contributed by atoms with Crippen molar-refractivity contribution < 1.29 is 5.11 Å². The van der Waals surface area contributed by atoms with Crippen molar-refractivity contribution in [3.8, 4) is 0 Å². The second kappa shape index (κ2) is 5.84. The Labute approximate surface area is 129 Å². The summed E-state index contributed by atoms with van der Waals surface area (Å²) in [4.78, 5) is 4.61. The summed E-state index contributed by atoms with van der Waals surface area (Å²) >= 11 is 7.79. The molecule has 108 valence electrons. The van der Waals surface area contributed by atoms with E-state index < -0.39 is 6.10 Å². The van der Waals surface area contributed by atoms with Gasteiger partial charge in [0.2, 0.25) is 0 Å². The molecule has 2 nitrogen and oxygen atoms in total. The number of halogens is 1. The van der Waals surface area contributed by atoms with Gasteiger partial charge in [0.05, 0.1) is 16.8 Å². The second-order valence-corrected chi connectivity index (χ2v) is 7.47. The molecule has 0 fully saturated rings. The van der Waals surface area contributed by atoms with E-state index >= 15 is 0 Å². The number of nitrogens with zero attached hydrogens (tertiary/aromatic N) is 1. The fourth-order valence-corrected chi connectivity index (χ4v) is 3.35. The summed E-state index contributed by atoms with van der Waals surface area (Å²) in [5.74, 6) is 0. The van der Waals surface area contributed by atoms with E-state index in [9.17, 15) is 5.11 Å². The van der Waals surface area contributed by atoms with Gasteiger partial charge in [-0.1, -0.05) is 44.5 Å². The molecule has 0 spiro atoms. The van der Waals surface area contributed by atoms with Crippen molar-refractivity contribution in [2.75, 3.05) is 0 Å². The van der Waals surface area contributed by atoms with Crippen LogP contribution < -0.4 is 0 Å². The first kappa shape index (κ1) is 15.5. The zero-order chi connectivity index (χ0) is 14.9. The average Bonchev–Trinajstić information content (AvgIpc) is 2.76. The van der Waals surface area contributed by atoms with Crippen molar-refractivity contribution in [2.24, 2.45) is 0 Å². The maximum atomic E-state index is 10.3. The quantitative estimate of drug-likeness (QED) is 0.893. The number of hydrogen-bond acceptors (Lipinski definition) is 3. The molecule has 2 aromatic rings. The number of aliphatic hydroxyl groups excluding tert-OH is 1. The molecule has 1 N–H and O–H groups in total. The van der Waals surface area contributed by atoms with Crippen molar-refractivity contribution in [1.29, 1.82) is 0 Å². The van der Waals surface area contributed by atoms with Gasteiger partial charge in [-0.2, -0.15) is 0 Å². The van der Waals surface area contributed by atoms with Gasteiger partial charge in [0.1, 0.15) is 0 Å². The first-order valence-corrected chi connectivity index (χ1v) is 7.92.